The summed E-state index contributed by atoms with van der Waals surface area (Å²) in [5, 5.41) is 6.04. The monoisotopic (exact) mass is 445 g/mol. The number of aliphatic imine (C=N–C) groups is 1. The Labute approximate surface area is 151 Å². The molecule has 0 amide bonds. The standard InChI is InChI=1S/C15H22F3N3O.HI/c1-14(2,22-4)10-21-13(19-3)20-9-11-6-5-7-12(8-11)15(16,17)18;/h5-8H,9-10H2,1-4H3,(H2,19,20,21);1H. The molecule has 1 rings (SSSR count). The number of alkyl halides is 3. The number of benzene rings is 1. The van der Waals surface area contributed by atoms with Crippen LogP contribution in [0.4, 0.5) is 13.2 Å². The third kappa shape index (κ3) is 7.87. The summed E-state index contributed by atoms with van der Waals surface area (Å²) in [5.41, 5.74) is -0.493. The summed E-state index contributed by atoms with van der Waals surface area (Å²) >= 11 is 0. The Balaban J connectivity index is 0.00000484. The lowest BCUT2D eigenvalue weighted by atomic mass is 10.1. The molecule has 2 N–H and O–H groups in total. The van der Waals surface area contributed by atoms with Crippen molar-refractivity contribution in [1.82, 2.24) is 10.6 Å². The molecule has 0 saturated heterocycles. The van der Waals surface area contributed by atoms with E-state index in [0.29, 0.717) is 18.1 Å². The molecule has 0 heterocycles. The summed E-state index contributed by atoms with van der Waals surface area (Å²) in [6.45, 7) is 4.60. The molecule has 0 atom stereocenters. The quantitative estimate of drug-likeness (QED) is 0.415. The fourth-order valence-corrected chi connectivity index (χ4v) is 1.63. The molecule has 4 nitrogen and oxygen atoms in total. The summed E-state index contributed by atoms with van der Waals surface area (Å²) in [4.78, 5) is 4.03. The highest BCUT2D eigenvalue weighted by Gasteiger charge is 2.30. The van der Waals surface area contributed by atoms with Gasteiger partial charge in [0, 0.05) is 27.2 Å². The van der Waals surface area contributed by atoms with Crippen LogP contribution >= 0.6 is 24.0 Å². The fraction of sp³-hybridized carbons (Fsp3) is 0.533. The van der Waals surface area contributed by atoms with Crippen LogP contribution < -0.4 is 10.6 Å². The average Bonchev–Trinajstić information content (AvgIpc) is 2.47. The van der Waals surface area contributed by atoms with Crippen LogP contribution in [0.5, 0.6) is 0 Å². The van der Waals surface area contributed by atoms with E-state index in [4.69, 9.17) is 4.74 Å². The summed E-state index contributed by atoms with van der Waals surface area (Å²) < 4.78 is 43.2. The van der Waals surface area contributed by atoms with Crippen LogP contribution in [0.3, 0.4) is 0 Å². The molecule has 0 saturated carbocycles. The van der Waals surface area contributed by atoms with E-state index in [9.17, 15) is 13.2 Å². The second kappa shape index (κ2) is 9.31. The second-order valence-corrected chi connectivity index (χ2v) is 5.44. The van der Waals surface area contributed by atoms with Gasteiger partial charge < -0.3 is 15.4 Å². The first kappa shape index (κ1) is 22.0. The maximum Gasteiger partial charge on any atom is 0.416 e. The van der Waals surface area contributed by atoms with Gasteiger partial charge in [-0.1, -0.05) is 12.1 Å². The van der Waals surface area contributed by atoms with Gasteiger partial charge in [0.2, 0.25) is 0 Å². The number of nitrogens with one attached hydrogen (secondary N) is 2. The van der Waals surface area contributed by atoms with Gasteiger partial charge >= 0.3 is 6.18 Å². The molecule has 1 aromatic carbocycles. The van der Waals surface area contributed by atoms with Gasteiger partial charge in [0.25, 0.3) is 0 Å². The van der Waals surface area contributed by atoms with Gasteiger partial charge in [0.05, 0.1) is 11.2 Å². The van der Waals surface area contributed by atoms with Crippen molar-refractivity contribution in [2.45, 2.75) is 32.2 Å². The molecular weight excluding hydrogens is 422 g/mol. The first-order valence-corrected chi connectivity index (χ1v) is 6.84. The predicted octanol–water partition coefficient (Wildman–Crippen LogP) is 3.41. The lowest BCUT2D eigenvalue weighted by molar-refractivity contribution is -0.137. The van der Waals surface area contributed by atoms with Crippen molar-refractivity contribution in [2.24, 2.45) is 4.99 Å². The molecule has 132 valence electrons. The maximum absolute atomic E-state index is 12.7. The maximum atomic E-state index is 12.7. The van der Waals surface area contributed by atoms with E-state index in [2.05, 4.69) is 15.6 Å². The van der Waals surface area contributed by atoms with Gasteiger partial charge in [0.1, 0.15) is 0 Å². The van der Waals surface area contributed by atoms with E-state index in [1.54, 1.807) is 20.2 Å². The highest BCUT2D eigenvalue weighted by atomic mass is 127. The van der Waals surface area contributed by atoms with Crippen LogP contribution in [0.25, 0.3) is 0 Å². The minimum Gasteiger partial charge on any atom is -0.377 e. The van der Waals surface area contributed by atoms with Crippen LogP contribution in [0, 0.1) is 0 Å². The van der Waals surface area contributed by atoms with Crippen LogP contribution in [0.1, 0.15) is 25.0 Å². The zero-order valence-electron chi connectivity index (χ0n) is 13.6. The fourth-order valence-electron chi connectivity index (χ4n) is 1.63. The summed E-state index contributed by atoms with van der Waals surface area (Å²) in [6, 6.07) is 5.20. The second-order valence-electron chi connectivity index (χ2n) is 5.44. The largest absolute Gasteiger partial charge is 0.416 e. The lowest BCUT2D eigenvalue weighted by Crippen LogP contribution is -2.45. The van der Waals surface area contributed by atoms with Gasteiger partial charge in [-0.05, 0) is 31.5 Å². The molecule has 0 fully saturated rings. The number of hydrogen-bond donors (Lipinski definition) is 2. The topological polar surface area (TPSA) is 45.7 Å². The molecule has 0 aliphatic rings. The number of methoxy groups -OCH3 is 1. The van der Waals surface area contributed by atoms with Gasteiger partial charge in [-0.2, -0.15) is 13.2 Å². The van der Waals surface area contributed by atoms with Gasteiger partial charge in [-0.25, -0.2) is 0 Å². The SMILES string of the molecule is CN=C(NCc1cccc(C(F)(F)F)c1)NCC(C)(C)OC.I. The Morgan fingerprint density at radius 3 is 2.39 bits per heavy atom. The zero-order chi connectivity index (χ0) is 16.8. The molecule has 0 radical (unpaired) electrons. The third-order valence-corrected chi connectivity index (χ3v) is 3.17. The summed E-state index contributed by atoms with van der Waals surface area (Å²) in [7, 11) is 3.21. The van der Waals surface area contributed by atoms with Crippen molar-refractivity contribution in [1.29, 1.82) is 0 Å². The highest BCUT2D eigenvalue weighted by Crippen LogP contribution is 2.29. The van der Waals surface area contributed by atoms with Crippen molar-refractivity contribution in [2.75, 3.05) is 20.7 Å². The van der Waals surface area contributed by atoms with Crippen LogP contribution in [0.15, 0.2) is 29.3 Å². The summed E-state index contributed by atoms with van der Waals surface area (Å²) in [6.07, 6.45) is -4.33. The number of nitrogens with zero attached hydrogens (tertiary/aromatic N) is 1. The lowest BCUT2D eigenvalue weighted by Gasteiger charge is -2.24. The number of rotatable bonds is 5. The van der Waals surface area contributed by atoms with E-state index >= 15 is 0 Å². The van der Waals surface area contributed by atoms with E-state index in [-0.39, 0.29) is 36.1 Å². The molecule has 0 aliphatic carbocycles. The van der Waals surface area contributed by atoms with Gasteiger partial charge in [-0.15, -0.1) is 24.0 Å². The van der Waals surface area contributed by atoms with Crippen molar-refractivity contribution < 1.29 is 17.9 Å². The molecule has 0 bridgehead atoms. The normalized spacial score (nSPS) is 12.6. The van der Waals surface area contributed by atoms with Crippen molar-refractivity contribution in [3.8, 4) is 0 Å². The Hall–Kier alpha value is -1.03. The van der Waals surface area contributed by atoms with E-state index in [1.807, 2.05) is 13.8 Å². The van der Waals surface area contributed by atoms with E-state index < -0.39 is 11.7 Å². The van der Waals surface area contributed by atoms with Crippen molar-refractivity contribution in [3.05, 3.63) is 35.4 Å². The Morgan fingerprint density at radius 2 is 1.87 bits per heavy atom. The number of ether oxygens (including phenoxy) is 1. The Kier molecular flexibility index (Phi) is 8.89. The van der Waals surface area contributed by atoms with E-state index in [1.165, 1.54) is 6.07 Å². The smallest absolute Gasteiger partial charge is 0.377 e. The minimum atomic E-state index is -4.33. The third-order valence-electron chi connectivity index (χ3n) is 3.17. The molecule has 8 heteroatoms. The summed E-state index contributed by atoms with van der Waals surface area (Å²) in [5.74, 6) is 0.502. The first-order chi connectivity index (χ1) is 10.2. The Morgan fingerprint density at radius 1 is 1.22 bits per heavy atom. The average molecular weight is 445 g/mol. The molecule has 0 spiro atoms. The molecule has 0 unspecified atom stereocenters. The molecule has 23 heavy (non-hydrogen) atoms. The Bertz CT molecular complexity index is 519. The molecule has 0 aliphatic heterocycles. The van der Waals surface area contributed by atoms with Crippen LogP contribution in [0.2, 0.25) is 0 Å². The number of hydrogen-bond acceptors (Lipinski definition) is 2. The molecule has 1 aromatic rings. The van der Waals surface area contributed by atoms with Gasteiger partial charge in [-0.3, -0.25) is 4.99 Å². The molecular formula is C15H23F3IN3O. The minimum absolute atomic E-state index is 0. The zero-order valence-corrected chi connectivity index (χ0v) is 16.0. The van der Waals surface area contributed by atoms with E-state index in [0.717, 1.165) is 12.1 Å². The van der Waals surface area contributed by atoms with Crippen LogP contribution in [-0.4, -0.2) is 32.3 Å². The van der Waals surface area contributed by atoms with Crippen molar-refractivity contribution >= 4 is 29.9 Å². The van der Waals surface area contributed by atoms with Crippen molar-refractivity contribution in [3.63, 3.8) is 0 Å². The molecule has 0 aromatic heterocycles. The number of guanidine groups is 1. The predicted molar refractivity (Wildman–Crippen MR) is 96.1 cm³/mol. The van der Waals surface area contributed by atoms with Crippen LogP contribution in [-0.2, 0) is 17.5 Å². The number of halogens is 4. The van der Waals surface area contributed by atoms with Gasteiger partial charge in [0.15, 0.2) is 5.96 Å². The highest BCUT2D eigenvalue weighted by molar-refractivity contribution is 14.0. The first-order valence-electron chi connectivity index (χ1n) is 6.84.